The molecular weight excluding hydrogens is 238 g/mol. The van der Waals surface area contributed by atoms with E-state index in [0.717, 1.165) is 0 Å². The molecular formula is C10H15N5O3. The second-order valence-electron chi connectivity index (χ2n) is 3.94. The third-order valence-corrected chi connectivity index (χ3v) is 2.71. The number of nitrogens with zero attached hydrogens (tertiary/aromatic N) is 5. The van der Waals surface area contributed by atoms with Gasteiger partial charge in [-0.05, 0) is 19.1 Å². The Bertz CT molecular complexity index is 458. The monoisotopic (exact) mass is 253 g/mol. The van der Waals surface area contributed by atoms with Crippen molar-refractivity contribution in [2.45, 2.75) is 26.8 Å². The molecule has 1 aliphatic rings. The number of aryl methyl sites for hydroxylation is 1. The molecule has 1 aromatic rings. The summed E-state index contributed by atoms with van der Waals surface area (Å²) in [5, 5.41) is 11.6. The maximum atomic E-state index is 11.8. The molecule has 8 nitrogen and oxygen atoms in total. The summed E-state index contributed by atoms with van der Waals surface area (Å²) in [5.41, 5.74) is 0. The minimum atomic E-state index is -0.439. The minimum Gasteiger partial charge on any atom is -0.466 e. The molecule has 1 atom stereocenters. The van der Waals surface area contributed by atoms with Crippen molar-refractivity contribution in [3.8, 4) is 0 Å². The Morgan fingerprint density at radius 2 is 2.28 bits per heavy atom. The topological polar surface area (TPSA) is 90.2 Å². The van der Waals surface area contributed by atoms with Crippen LogP contribution in [0.5, 0.6) is 0 Å². The van der Waals surface area contributed by atoms with Crippen molar-refractivity contribution in [1.29, 1.82) is 0 Å². The Morgan fingerprint density at radius 1 is 1.50 bits per heavy atom. The van der Waals surface area contributed by atoms with Crippen LogP contribution in [0.4, 0.5) is 5.95 Å². The Morgan fingerprint density at radius 3 is 2.89 bits per heavy atom. The molecule has 0 saturated carbocycles. The molecule has 0 unspecified atom stereocenters. The highest BCUT2D eigenvalue weighted by atomic mass is 16.5. The van der Waals surface area contributed by atoms with Gasteiger partial charge in [0.1, 0.15) is 0 Å². The van der Waals surface area contributed by atoms with Crippen LogP contribution < -0.4 is 4.90 Å². The molecule has 0 spiro atoms. The highest BCUT2D eigenvalue weighted by Gasteiger charge is 2.37. The molecule has 1 amide bonds. The van der Waals surface area contributed by atoms with Crippen LogP contribution in [-0.4, -0.2) is 45.2 Å². The molecule has 18 heavy (non-hydrogen) atoms. The van der Waals surface area contributed by atoms with Crippen LogP contribution in [0.25, 0.3) is 0 Å². The number of aromatic nitrogens is 4. The lowest BCUT2D eigenvalue weighted by Crippen LogP contribution is -2.27. The van der Waals surface area contributed by atoms with Crippen LogP contribution in [0.15, 0.2) is 0 Å². The van der Waals surface area contributed by atoms with Crippen molar-refractivity contribution in [2.75, 3.05) is 18.1 Å². The first-order chi connectivity index (χ1) is 8.65. The molecule has 1 aromatic heterocycles. The van der Waals surface area contributed by atoms with Gasteiger partial charge in [-0.3, -0.25) is 14.5 Å². The van der Waals surface area contributed by atoms with E-state index < -0.39 is 5.92 Å². The lowest BCUT2D eigenvalue weighted by Gasteiger charge is -2.10. The summed E-state index contributed by atoms with van der Waals surface area (Å²) in [7, 11) is 0. The molecule has 0 aliphatic carbocycles. The smallest absolute Gasteiger partial charge is 0.311 e. The van der Waals surface area contributed by atoms with E-state index in [-0.39, 0.29) is 30.8 Å². The van der Waals surface area contributed by atoms with Gasteiger partial charge in [0.25, 0.3) is 5.95 Å². The summed E-state index contributed by atoms with van der Waals surface area (Å²) in [5.74, 6) is -0.723. The van der Waals surface area contributed by atoms with Crippen molar-refractivity contribution in [3.05, 3.63) is 0 Å². The highest BCUT2D eigenvalue weighted by molar-refractivity contribution is 5.98. The molecule has 0 bridgehead atoms. The van der Waals surface area contributed by atoms with Crippen LogP contribution in [-0.2, 0) is 20.9 Å². The number of carbonyl (C=O) groups is 2. The van der Waals surface area contributed by atoms with E-state index in [1.54, 1.807) is 6.92 Å². The average Bonchev–Trinajstić information content (AvgIpc) is 2.95. The molecule has 2 rings (SSSR count). The van der Waals surface area contributed by atoms with Gasteiger partial charge in [0.15, 0.2) is 0 Å². The maximum absolute atomic E-state index is 11.8. The summed E-state index contributed by atoms with van der Waals surface area (Å²) in [4.78, 5) is 26.1. The summed E-state index contributed by atoms with van der Waals surface area (Å²) >= 11 is 0. The van der Waals surface area contributed by atoms with Crippen LogP contribution in [0.1, 0.15) is 20.3 Å². The van der Waals surface area contributed by atoms with Crippen molar-refractivity contribution in [3.63, 3.8) is 0 Å². The van der Waals surface area contributed by atoms with Gasteiger partial charge >= 0.3 is 5.97 Å². The molecule has 1 aliphatic heterocycles. The number of anilines is 1. The Kier molecular flexibility index (Phi) is 3.54. The second-order valence-corrected chi connectivity index (χ2v) is 3.94. The third kappa shape index (κ3) is 2.31. The fourth-order valence-electron chi connectivity index (χ4n) is 1.80. The molecule has 1 fully saturated rings. The predicted molar refractivity (Wildman–Crippen MR) is 60.6 cm³/mol. The first-order valence-corrected chi connectivity index (χ1v) is 5.90. The van der Waals surface area contributed by atoms with Crippen molar-refractivity contribution in [2.24, 2.45) is 5.92 Å². The lowest BCUT2D eigenvalue weighted by molar-refractivity contribution is -0.147. The van der Waals surface area contributed by atoms with Gasteiger partial charge in [-0.1, -0.05) is 5.10 Å². The van der Waals surface area contributed by atoms with E-state index in [2.05, 4.69) is 15.4 Å². The fourth-order valence-corrected chi connectivity index (χ4v) is 1.80. The van der Waals surface area contributed by atoms with E-state index in [1.165, 1.54) is 9.70 Å². The van der Waals surface area contributed by atoms with E-state index in [0.29, 0.717) is 13.2 Å². The Labute approximate surface area is 104 Å². The molecule has 0 N–H and O–H groups in total. The molecule has 0 radical (unpaired) electrons. The van der Waals surface area contributed by atoms with E-state index in [4.69, 9.17) is 4.74 Å². The van der Waals surface area contributed by atoms with E-state index >= 15 is 0 Å². The van der Waals surface area contributed by atoms with Crippen molar-refractivity contribution in [1.82, 2.24) is 20.2 Å². The molecule has 2 heterocycles. The van der Waals surface area contributed by atoms with Gasteiger partial charge in [-0.25, -0.2) is 0 Å². The zero-order valence-electron chi connectivity index (χ0n) is 10.4. The van der Waals surface area contributed by atoms with Crippen LogP contribution in [0, 0.1) is 5.92 Å². The number of hydrogen-bond acceptors (Lipinski definition) is 6. The number of hydrogen-bond donors (Lipinski definition) is 0. The Hall–Kier alpha value is -1.99. The van der Waals surface area contributed by atoms with Crippen LogP contribution in [0.2, 0.25) is 0 Å². The number of carbonyl (C=O) groups excluding carboxylic acids is 2. The number of tetrazole rings is 1. The molecule has 8 heteroatoms. The SMILES string of the molecule is CCOC(=O)[C@@H]1CC(=O)N(c2nnn(CC)n2)C1. The minimum absolute atomic E-state index is 0.138. The largest absolute Gasteiger partial charge is 0.466 e. The lowest BCUT2D eigenvalue weighted by atomic mass is 10.1. The van der Waals surface area contributed by atoms with Gasteiger partial charge in [-0.15, -0.1) is 5.10 Å². The quantitative estimate of drug-likeness (QED) is 0.679. The zero-order valence-corrected chi connectivity index (χ0v) is 10.4. The first kappa shape index (κ1) is 12.5. The van der Waals surface area contributed by atoms with Gasteiger partial charge in [-0.2, -0.15) is 4.80 Å². The number of ether oxygens (including phenoxy) is 1. The van der Waals surface area contributed by atoms with Gasteiger partial charge < -0.3 is 4.74 Å². The third-order valence-electron chi connectivity index (χ3n) is 2.71. The highest BCUT2D eigenvalue weighted by Crippen LogP contribution is 2.22. The van der Waals surface area contributed by atoms with Crippen LogP contribution >= 0.6 is 0 Å². The first-order valence-electron chi connectivity index (χ1n) is 5.90. The number of esters is 1. The summed E-state index contributed by atoms with van der Waals surface area (Å²) in [6.07, 6.45) is 0.138. The number of amides is 1. The van der Waals surface area contributed by atoms with Crippen molar-refractivity contribution >= 4 is 17.8 Å². The van der Waals surface area contributed by atoms with E-state index in [9.17, 15) is 9.59 Å². The fraction of sp³-hybridized carbons (Fsp3) is 0.700. The second kappa shape index (κ2) is 5.11. The summed E-state index contributed by atoms with van der Waals surface area (Å²) in [6, 6.07) is 0. The zero-order chi connectivity index (χ0) is 13.1. The standard InChI is InChI=1S/C10H15N5O3/c1-3-15-12-10(11-13-15)14-6-7(5-8(14)16)9(17)18-4-2/h7H,3-6H2,1-2H3/t7-/m1/s1. The number of rotatable bonds is 4. The maximum Gasteiger partial charge on any atom is 0.311 e. The average molecular weight is 253 g/mol. The summed E-state index contributed by atoms with van der Waals surface area (Å²) in [6.45, 7) is 4.76. The van der Waals surface area contributed by atoms with Gasteiger partial charge in [0.05, 0.1) is 19.1 Å². The predicted octanol–water partition coefficient (Wildman–Crippen LogP) is -0.391. The van der Waals surface area contributed by atoms with Gasteiger partial charge in [0, 0.05) is 13.0 Å². The van der Waals surface area contributed by atoms with E-state index in [1.807, 2.05) is 6.92 Å². The molecule has 0 aromatic carbocycles. The van der Waals surface area contributed by atoms with Gasteiger partial charge in [0.2, 0.25) is 5.91 Å². The Balaban J connectivity index is 2.07. The van der Waals surface area contributed by atoms with Crippen LogP contribution in [0.3, 0.4) is 0 Å². The summed E-state index contributed by atoms with van der Waals surface area (Å²) < 4.78 is 4.91. The molecule has 98 valence electrons. The molecule has 1 saturated heterocycles. The van der Waals surface area contributed by atoms with Crippen molar-refractivity contribution < 1.29 is 14.3 Å². The normalized spacial score (nSPS) is 19.3.